The van der Waals surface area contributed by atoms with Crippen LogP contribution in [0.5, 0.6) is 0 Å². The largest absolute Gasteiger partial charge is 0.309 e. The van der Waals surface area contributed by atoms with Gasteiger partial charge in [-0.2, -0.15) is 0 Å². The zero-order chi connectivity index (χ0) is 29.6. The second-order valence-corrected chi connectivity index (χ2v) is 12.2. The van der Waals surface area contributed by atoms with E-state index in [1.807, 2.05) is 0 Å². The Morgan fingerprint density at radius 1 is 0.333 bits per heavy atom. The molecule has 210 valence electrons. The number of benzene rings is 8. The second-order valence-electron chi connectivity index (χ2n) is 12.2. The van der Waals surface area contributed by atoms with Crippen LogP contribution in [0.3, 0.4) is 0 Å². The second kappa shape index (κ2) is 9.07. The Morgan fingerprint density at radius 2 is 0.933 bits per heavy atom. The van der Waals surface area contributed by atoms with E-state index >= 15 is 0 Å². The normalized spacial score (nSPS) is 12.1. The smallest absolute Gasteiger partial charge is 0.0619 e. The van der Waals surface area contributed by atoms with Crippen LogP contribution < -0.4 is 0 Å². The van der Waals surface area contributed by atoms with E-state index in [1.165, 1.54) is 92.9 Å². The summed E-state index contributed by atoms with van der Waals surface area (Å²) < 4.78 is 5.00. The van der Waals surface area contributed by atoms with E-state index in [9.17, 15) is 0 Å². The molecule has 10 aromatic rings. The van der Waals surface area contributed by atoms with E-state index < -0.39 is 0 Å². The molecule has 0 bridgehead atoms. The predicted octanol–water partition coefficient (Wildman–Crippen LogP) is 11.6. The lowest BCUT2D eigenvalue weighted by Crippen LogP contribution is -1.98. The summed E-state index contributed by atoms with van der Waals surface area (Å²) in [6.07, 6.45) is 0. The summed E-state index contributed by atoms with van der Waals surface area (Å²) in [6, 6.07) is 55.9. The highest BCUT2D eigenvalue weighted by atomic mass is 15.0. The van der Waals surface area contributed by atoms with Crippen molar-refractivity contribution >= 4 is 75.9 Å². The number of hydrogen-bond acceptors (Lipinski definition) is 0. The van der Waals surface area contributed by atoms with Crippen LogP contribution >= 0.6 is 0 Å². The van der Waals surface area contributed by atoms with Crippen LogP contribution in [0.4, 0.5) is 0 Å². The maximum Gasteiger partial charge on any atom is 0.0619 e. The van der Waals surface area contributed by atoms with Gasteiger partial charge in [0.05, 0.1) is 33.4 Å². The van der Waals surface area contributed by atoms with Crippen molar-refractivity contribution in [3.8, 4) is 11.4 Å². The third-order valence-corrected chi connectivity index (χ3v) is 9.81. The quantitative estimate of drug-likeness (QED) is 0.195. The summed E-state index contributed by atoms with van der Waals surface area (Å²) in [6.45, 7) is 2.20. The predicted molar refractivity (Wildman–Crippen MR) is 192 cm³/mol. The Morgan fingerprint density at radius 3 is 1.78 bits per heavy atom. The molecule has 0 fully saturated rings. The minimum atomic E-state index is 1.20. The van der Waals surface area contributed by atoms with Crippen LogP contribution in [0.25, 0.3) is 87.3 Å². The molecule has 45 heavy (non-hydrogen) atoms. The van der Waals surface area contributed by atoms with Crippen molar-refractivity contribution in [1.29, 1.82) is 0 Å². The number of aryl methyl sites for hydroxylation is 1. The molecule has 2 nitrogen and oxygen atoms in total. The van der Waals surface area contributed by atoms with E-state index in [0.29, 0.717) is 0 Å². The van der Waals surface area contributed by atoms with Gasteiger partial charge in [0.25, 0.3) is 0 Å². The van der Waals surface area contributed by atoms with E-state index in [0.717, 1.165) is 0 Å². The van der Waals surface area contributed by atoms with Gasteiger partial charge in [0.2, 0.25) is 0 Å². The Bertz CT molecular complexity index is 2820. The zero-order valence-corrected chi connectivity index (χ0v) is 24.8. The zero-order valence-electron chi connectivity index (χ0n) is 24.8. The minimum Gasteiger partial charge on any atom is -0.309 e. The standard InChI is InChI=1S/C43H28N2/c1-27-21-24-40(33-17-7-6-14-30(27)33)44-39-19-9-8-18-34(39)36-25-37-35-23-22-29-12-3-5-16-32(29)43(35)45(42(37)26-41(36)44)38-20-10-13-28-11-2-4-15-31(28)38/h2-26H,1H3. The molecule has 10 rings (SSSR count). The molecule has 0 aliphatic rings. The maximum atomic E-state index is 2.52. The molecule has 0 amide bonds. The highest BCUT2D eigenvalue weighted by Crippen LogP contribution is 2.43. The fourth-order valence-electron chi connectivity index (χ4n) is 7.78. The summed E-state index contributed by atoms with van der Waals surface area (Å²) in [5, 5.41) is 12.6. The van der Waals surface area contributed by atoms with E-state index in [1.54, 1.807) is 0 Å². The van der Waals surface area contributed by atoms with E-state index in [-0.39, 0.29) is 0 Å². The van der Waals surface area contributed by atoms with Gasteiger partial charge >= 0.3 is 0 Å². The highest BCUT2D eigenvalue weighted by molar-refractivity contribution is 6.24. The third kappa shape index (κ3) is 3.34. The molecule has 0 unspecified atom stereocenters. The number of fused-ring (bicyclic) bond motifs is 10. The minimum absolute atomic E-state index is 1.20. The molecule has 8 aromatic carbocycles. The lowest BCUT2D eigenvalue weighted by molar-refractivity contribution is 1.18. The molecule has 0 aliphatic heterocycles. The Kier molecular flexibility index (Phi) is 4.95. The van der Waals surface area contributed by atoms with Crippen molar-refractivity contribution in [2.45, 2.75) is 6.92 Å². The average molecular weight is 573 g/mol. The lowest BCUT2D eigenvalue weighted by Gasteiger charge is -2.14. The van der Waals surface area contributed by atoms with Crippen LogP contribution in [0.15, 0.2) is 152 Å². The Hall–Kier alpha value is -5.86. The Labute approximate surface area is 260 Å². The summed E-state index contributed by atoms with van der Waals surface area (Å²) in [7, 11) is 0. The first-order chi connectivity index (χ1) is 22.3. The summed E-state index contributed by atoms with van der Waals surface area (Å²) in [4.78, 5) is 0. The van der Waals surface area contributed by atoms with Crippen molar-refractivity contribution in [2.24, 2.45) is 0 Å². The SMILES string of the molecule is Cc1ccc(-n2c3ccccc3c3cc4c5ccc6ccccc6c5n(-c5cccc6ccccc56)c4cc32)c2ccccc12. The average Bonchev–Trinajstić information content (AvgIpc) is 3.59. The van der Waals surface area contributed by atoms with E-state index in [2.05, 4.69) is 168 Å². The van der Waals surface area contributed by atoms with Gasteiger partial charge < -0.3 is 9.13 Å². The molecular weight excluding hydrogens is 544 g/mol. The molecule has 2 aromatic heterocycles. The highest BCUT2D eigenvalue weighted by Gasteiger charge is 2.21. The van der Waals surface area contributed by atoms with Crippen molar-refractivity contribution in [1.82, 2.24) is 9.13 Å². The maximum absolute atomic E-state index is 2.52. The van der Waals surface area contributed by atoms with Gasteiger partial charge in [-0.15, -0.1) is 0 Å². The van der Waals surface area contributed by atoms with Gasteiger partial charge in [0.1, 0.15) is 0 Å². The van der Waals surface area contributed by atoms with E-state index in [4.69, 9.17) is 0 Å². The molecule has 2 heteroatoms. The number of hydrogen-bond donors (Lipinski definition) is 0. The van der Waals surface area contributed by atoms with Crippen LogP contribution in [0.1, 0.15) is 5.56 Å². The lowest BCUT2D eigenvalue weighted by atomic mass is 10.0. The molecule has 2 heterocycles. The topological polar surface area (TPSA) is 9.86 Å². The Balaban J connectivity index is 1.44. The van der Waals surface area contributed by atoms with Crippen molar-refractivity contribution < 1.29 is 0 Å². The van der Waals surface area contributed by atoms with Gasteiger partial charge in [0.15, 0.2) is 0 Å². The molecule has 0 aliphatic carbocycles. The number of para-hydroxylation sites is 1. The summed E-state index contributed by atoms with van der Waals surface area (Å²) in [5.74, 6) is 0. The molecule has 0 spiro atoms. The summed E-state index contributed by atoms with van der Waals surface area (Å²) in [5.41, 5.74) is 8.61. The van der Waals surface area contributed by atoms with Crippen LogP contribution in [-0.2, 0) is 0 Å². The number of rotatable bonds is 2. The van der Waals surface area contributed by atoms with Gasteiger partial charge in [-0.3, -0.25) is 0 Å². The van der Waals surface area contributed by atoms with Gasteiger partial charge in [-0.05, 0) is 59.0 Å². The number of nitrogens with zero attached hydrogens (tertiary/aromatic N) is 2. The van der Waals surface area contributed by atoms with Crippen LogP contribution in [0, 0.1) is 6.92 Å². The fraction of sp³-hybridized carbons (Fsp3) is 0.0233. The first-order valence-electron chi connectivity index (χ1n) is 15.6. The molecule has 0 saturated heterocycles. The molecule has 0 atom stereocenters. The fourth-order valence-corrected chi connectivity index (χ4v) is 7.78. The van der Waals surface area contributed by atoms with Crippen LogP contribution in [-0.4, -0.2) is 9.13 Å². The first-order valence-corrected chi connectivity index (χ1v) is 15.6. The summed E-state index contributed by atoms with van der Waals surface area (Å²) >= 11 is 0. The first kappa shape index (κ1) is 24.6. The number of aromatic nitrogens is 2. The monoisotopic (exact) mass is 572 g/mol. The van der Waals surface area contributed by atoms with Crippen molar-refractivity contribution in [3.63, 3.8) is 0 Å². The molecular formula is C43H28N2. The molecule has 0 radical (unpaired) electrons. The van der Waals surface area contributed by atoms with Crippen LogP contribution in [0.2, 0.25) is 0 Å². The van der Waals surface area contributed by atoms with Crippen molar-refractivity contribution in [3.05, 3.63) is 157 Å². The van der Waals surface area contributed by atoms with Gasteiger partial charge in [0, 0.05) is 37.7 Å². The molecule has 0 N–H and O–H groups in total. The molecule has 0 saturated carbocycles. The van der Waals surface area contributed by atoms with Gasteiger partial charge in [-0.1, -0.05) is 121 Å². The third-order valence-electron chi connectivity index (χ3n) is 9.81. The van der Waals surface area contributed by atoms with Crippen molar-refractivity contribution in [2.75, 3.05) is 0 Å². The van der Waals surface area contributed by atoms with Gasteiger partial charge in [-0.25, -0.2) is 0 Å².